The molecule has 2 N–H and O–H groups in total. The molecule has 3 aromatic carbocycles. The van der Waals surface area contributed by atoms with Gasteiger partial charge in [0.25, 0.3) is 0 Å². The summed E-state index contributed by atoms with van der Waals surface area (Å²) in [6.07, 6.45) is 2.39. The van der Waals surface area contributed by atoms with Gasteiger partial charge >= 0.3 is 0 Å². The van der Waals surface area contributed by atoms with Crippen molar-refractivity contribution >= 4 is 11.4 Å². The first-order valence-corrected chi connectivity index (χ1v) is 9.81. The molecule has 0 saturated carbocycles. The Morgan fingerprint density at radius 3 is 1.59 bits per heavy atom. The summed E-state index contributed by atoms with van der Waals surface area (Å²) < 4.78 is 0. The predicted octanol–water partition coefficient (Wildman–Crippen LogP) is 6.25. The van der Waals surface area contributed by atoms with Crippen molar-refractivity contribution < 1.29 is 0 Å². The maximum atomic E-state index is 3.62. The second kappa shape index (κ2) is 7.11. The summed E-state index contributed by atoms with van der Waals surface area (Å²) in [4.78, 5) is 0. The molecule has 3 aromatic rings. The van der Waals surface area contributed by atoms with Crippen LogP contribution in [0.4, 0.5) is 11.4 Å². The van der Waals surface area contributed by atoms with Gasteiger partial charge in [0.2, 0.25) is 0 Å². The smallest absolute Gasteiger partial charge is 0.0965 e. The number of rotatable bonds is 5. The lowest BCUT2D eigenvalue weighted by Gasteiger charge is -2.32. The first kappa shape index (κ1) is 17.7. The van der Waals surface area contributed by atoms with Crippen molar-refractivity contribution in [1.29, 1.82) is 0 Å². The number of hydrogen-bond acceptors (Lipinski definition) is 2. The molecule has 0 atom stereocenters. The molecular formula is C25H28N2. The van der Waals surface area contributed by atoms with Gasteiger partial charge in [-0.3, -0.25) is 0 Å². The molecule has 1 aliphatic heterocycles. The number of anilines is 2. The molecule has 2 heteroatoms. The molecule has 0 aliphatic carbocycles. The van der Waals surface area contributed by atoms with Crippen LogP contribution in [0, 0.1) is 13.8 Å². The van der Waals surface area contributed by atoms with Crippen molar-refractivity contribution in [2.75, 3.05) is 10.6 Å². The Morgan fingerprint density at radius 2 is 1.15 bits per heavy atom. The highest BCUT2D eigenvalue weighted by atomic mass is 15.2. The highest BCUT2D eigenvalue weighted by Gasteiger charge is 2.31. The van der Waals surface area contributed by atoms with Gasteiger partial charge in [-0.1, -0.05) is 78.7 Å². The van der Waals surface area contributed by atoms with E-state index in [1.807, 2.05) is 0 Å². The van der Waals surface area contributed by atoms with Crippen LogP contribution in [0.5, 0.6) is 0 Å². The van der Waals surface area contributed by atoms with Crippen molar-refractivity contribution in [2.45, 2.75) is 45.2 Å². The van der Waals surface area contributed by atoms with Crippen molar-refractivity contribution in [3.63, 3.8) is 0 Å². The lowest BCUT2D eigenvalue weighted by Crippen LogP contribution is -2.29. The van der Waals surface area contributed by atoms with Gasteiger partial charge in [0.15, 0.2) is 0 Å². The van der Waals surface area contributed by atoms with E-state index in [1.54, 1.807) is 0 Å². The summed E-state index contributed by atoms with van der Waals surface area (Å²) in [6, 6.07) is 26.5. The van der Waals surface area contributed by atoms with Crippen LogP contribution in [-0.4, -0.2) is 6.17 Å². The van der Waals surface area contributed by atoms with E-state index < -0.39 is 0 Å². The fraction of sp³-hybridized carbons (Fsp3) is 0.280. The number of aryl methyl sites for hydroxylation is 2. The third-order valence-corrected chi connectivity index (χ3v) is 5.90. The van der Waals surface area contributed by atoms with Gasteiger partial charge in [-0.2, -0.15) is 0 Å². The molecule has 0 radical (unpaired) electrons. The van der Waals surface area contributed by atoms with E-state index in [2.05, 4.69) is 104 Å². The summed E-state index contributed by atoms with van der Waals surface area (Å²) in [5, 5.41) is 7.23. The molecule has 1 aliphatic rings. The van der Waals surface area contributed by atoms with E-state index in [0.717, 1.165) is 12.8 Å². The summed E-state index contributed by atoms with van der Waals surface area (Å²) in [5.74, 6) is 0. The minimum absolute atomic E-state index is 0.0144. The second-order valence-corrected chi connectivity index (χ2v) is 7.99. The van der Waals surface area contributed by atoms with Crippen LogP contribution in [0.2, 0.25) is 0 Å². The van der Waals surface area contributed by atoms with Crippen LogP contribution < -0.4 is 10.6 Å². The summed E-state index contributed by atoms with van der Waals surface area (Å²) in [5.41, 5.74) is 7.77. The zero-order valence-electron chi connectivity index (χ0n) is 16.4. The zero-order chi connectivity index (χ0) is 18.9. The number of benzene rings is 3. The summed E-state index contributed by atoms with van der Waals surface area (Å²) >= 11 is 0. The molecule has 0 aromatic heterocycles. The summed E-state index contributed by atoms with van der Waals surface area (Å²) in [6.45, 7) is 6.68. The monoisotopic (exact) mass is 356 g/mol. The lowest BCUT2D eigenvalue weighted by molar-refractivity contribution is 0.483. The Kier molecular flexibility index (Phi) is 4.65. The standard InChI is InChI=1S/C25H28N2/c1-18-8-12-20(13-9-18)25(3,21-14-10-19(2)11-15-21)17-16-24-26-22-6-4-5-7-23(22)27-24/h4-15,24,26-27H,16-17H2,1-3H3. The minimum atomic E-state index is -0.0144. The fourth-order valence-corrected chi connectivity index (χ4v) is 4.02. The van der Waals surface area contributed by atoms with Crippen LogP contribution in [0.15, 0.2) is 72.8 Å². The molecule has 0 spiro atoms. The van der Waals surface area contributed by atoms with Crippen LogP contribution >= 0.6 is 0 Å². The first-order valence-electron chi connectivity index (χ1n) is 9.81. The molecule has 4 rings (SSSR count). The maximum Gasteiger partial charge on any atom is 0.0965 e. The van der Waals surface area contributed by atoms with Gasteiger partial charge in [0.05, 0.1) is 17.5 Å². The molecule has 0 amide bonds. The van der Waals surface area contributed by atoms with E-state index in [9.17, 15) is 0 Å². The Hall–Kier alpha value is -2.74. The van der Waals surface area contributed by atoms with Gasteiger partial charge in [-0.05, 0) is 49.9 Å². The molecule has 138 valence electrons. The van der Waals surface area contributed by atoms with Crippen molar-refractivity contribution in [3.8, 4) is 0 Å². The molecule has 0 unspecified atom stereocenters. The average Bonchev–Trinajstić information content (AvgIpc) is 3.10. The molecule has 2 nitrogen and oxygen atoms in total. The number of fused-ring (bicyclic) bond motifs is 1. The van der Waals surface area contributed by atoms with E-state index >= 15 is 0 Å². The van der Waals surface area contributed by atoms with Crippen LogP contribution in [-0.2, 0) is 5.41 Å². The van der Waals surface area contributed by atoms with E-state index in [-0.39, 0.29) is 11.6 Å². The first-order chi connectivity index (χ1) is 13.0. The third kappa shape index (κ3) is 3.57. The van der Waals surface area contributed by atoms with Gasteiger partial charge in [0.1, 0.15) is 0 Å². The summed E-state index contributed by atoms with van der Waals surface area (Å²) in [7, 11) is 0. The fourth-order valence-electron chi connectivity index (χ4n) is 4.02. The lowest BCUT2D eigenvalue weighted by atomic mass is 9.72. The van der Waals surface area contributed by atoms with Crippen molar-refractivity contribution in [3.05, 3.63) is 95.1 Å². The van der Waals surface area contributed by atoms with Crippen molar-refractivity contribution in [2.24, 2.45) is 0 Å². The molecular weight excluding hydrogens is 328 g/mol. The molecule has 0 fully saturated rings. The highest BCUT2D eigenvalue weighted by molar-refractivity contribution is 5.74. The normalized spacial score (nSPS) is 13.7. The van der Waals surface area contributed by atoms with Gasteiger partial charge < -0.3 is 10.6 Å². The van der Waals surface area contributed by atoms with E-state index in [0.29, 0.717) is 0 Å². The second-order valence-electron chi connectivity index (χ2n) is 7.99. The number of para-hydroxylation sites is 2. The Labute approximate surface area is 162 Å². The maximum absolute atomic E-state index is 3.62. The van der Waals surface area contributed by atoms with Gasteiger partial charge in [-0.15, -0.1) is 0 Å². The van der Waals surface area contributed by atoms with Crippen LogP contribution in [0.25, 0.3) is 0 Å². The quantitative estimate of drug-likeness (QED) is 0.564. The largest absolute Gasteiger partial charge is 0.364 e. The predicted molar refractivity (Wildman–Crippen MR) is 116 cm³/mol. The zero-order valence-corrected chi connectivity index (χ0v) is 16.4. The van der Waals surface area contributed by atoms with Crippen LogP contribution in [0.3, 0.4) is 0 Å². The Morgan fingerprint density at radius 1 is 0.704 bits per heavy atom. The molecule has 1 heterocycles. The van der Waals surface area contributed by atoms with E-state index in [4.69, 9.17) is 0 Å². The van der Waals surface area contributed by atoms with Gasteiger partial charge in [-0.25, -0.2) is 0 Å². The Balaban J connectivity index is 1.59. The highest BCUT2D eigenvalue weighted by Crippen LogP contribution is 2.38. The molecule has 0 saturated heterocycles. The third-order valence-electron chi connectivity index (χ3n) is 5.90. The molecule has 27 heavy (non-hydrogen) atoms. The van der Waals surface area contributed by atoms with Crippen LogP contribution in [0.1, 0.15) is 42.0 Å². The molecule has 0 bridgehead atoms. The average molecular weight is 357 g/mol. The number of nitrogens with one attached hydrogen (secondary N) is 2. The van der Waals surface area contributed by atoms with Gasteiger partial charge in [0, 0.05) is 5.41 Å². The SMILES string of the molecule is Cc1ccc(C(C)(CCC2Nc3ccccc3N2)c2ccc(C)cc2)cc1. The van der Waals surface area contributed by atoms with E-state index in [1.165, 1.54) is 33.6 Å². The topological polar surface area (TPSA) is 24.1 Å². The minimum Gasteiger partial charge on any atom is -0.364 e. The van der Waals surface area contributed by atoms with Crippen molar-refractivity contribution in [1.82, 2.24) is 0 Å². The Bertz CT molecular complexity index is 839. The number of hydrogen-bond donors (Lipinski definition) is 2.